The SMILES string of the molecule is CC/C=C(\C=C/Cc1ccccc1)N(c1ccc(S)cc1)c1ccc2c(c1)C(C)(C)c1ccccc1-2. The van der Waals surface area contributed by atoms with Crippen molar-refractivity contribution in [1.29, 1.82) is 0 Å². The van der Waals surface area contributed by atoms with Crippen molar-refractivity contribution in [2.45, 2.75) is 43.9 Å². The molecule has 0 fully saturated rings. The molecule has 1 nitrogen and oxygen atoms in total. The number of rotatable bonds is 7. The third-order valence-electron chi connectivity index (χ3n) is 7.09. The van der Waals surface area contributed by atoms with Crippen LogP contribution in [0, 0.1) is 0 Å². The molecular weight excluding hydrogens is 454 g/mol. The first-order valence-electron chi connectivity index (χ1n) is 12.7. The predicted octanol–water partition coefficient (Wildman–Crippen LogP) is 9.51. The molecule has 0 aliphatic heterocycles. The highest BCUT2D eigenvalue weighted by molar-refractivity contribution is 7.80. The molecule has 0 bridgehead atoms. The molecule has 0 saturated carbocycles. The Morgan fingerprint density at radius 1 is 0.778 bits per heavy atom. The van der Waals surface area contributed by atoms with Gasteiger partial charge in [0.05, 0.1) is 0 Å². The number of benzene rings is 4. The molecule has 0 unspecified atom stereocenters. The Hall–Kier alpha value is -3.49. The third kappa shape index (κ3) is 4.66. The van der Waals surface area contributed by atoms with E-state index in [1.54, 1.807) is 0 Å². The van der Waals surface area contributed by atoms with Crippen molar-refractivity contribution in [3.05, 3.63) is 138 Å². The lowest BCUT2D eigenvalue weighted by atomic mass is 9.82. The van der Waals surface area contributed by atoms with Gasteiger partial charge in [-0.1, -0.05) is 93.6 Å². The van der Waals surface area contributed by atoms with Crippen LogP contribution in [0.15, 0.2) is 126 Å². The lowest BCUT2D eigenvalue weighted by molar-refractivity contribution is 0.660. The Morgan fingerprint density at radius 3 is 2.19 bits per heavy atom. The minimum atomic E-state index is -0.0413. The van der Waals surface area contributed by atoms with Crippen LogP contribution in [0.3, 0.4) is 0 Å². The predicted molar refractivity (Wildman–Crippen MR) is 157 cm³/mol. The van der Waals surface area contributed by atoms with Crippen LogP contribution in [0.2, 0.25) is 0 Å². The van der Waals surface area contributed by atoms with Gasteiger partial charge in [0.15, 0.2) is 0 Å². The highest BCUT2D eigenvalue weighted by Crippen LogP contribution is 2.50. The zero-order valence-corrected chi connectivity index (χ0v) is 22.2. The van der Waals surface area contributed by atoms with Gasteiger partial charge in [0.1, 0.15) is 0 Å². The van der Waals surface area contributed by atoms with Gasteiger partial charge in [-0.25, -0.2) is 0 Å². The number of hydrogen-bond donors (Lipinski definition) is 1. The van der Waals surface area contributed by atoms with Crippen LogP contribution in [0.5, 0.6) is 0 Å². The van der Waals surface area contributed by atoms with E-state index in [1.807, 2.05) is 0 Å². The van der Waals surface area contributed by atoms with Gasteiger partial charge in [0.25, 0.3) is 0 Å². The van der Waals surface area contributed by atoms with Gasteiger partial charge in [-0.2, -0.15) is 0 Å². The summed E-state index contributed by atoms with van der Waals surface area (Å²) in [5, 5.41) is 0. The molecule has 0 spiro atoms. The molecule has 0 N–H and O–H groups in total. The first-order valence-corrected chi connectivity index (χ1v) is 13.2. The second-order valence-corrected chi connectivity index (χ2v) is 10.4. The van der Waals surface area contributed by atoms with Crippen LogP contribution in [0.4, 0.5) is 11.4 Å². The standard InChI is InChI=1S/C34H33NS/c1-4-11-26(15-10-14-25-12-6-5-7-13-25)35(27-18-21-29(36)22-19-27)28-20-23-31-30-16-8-9-17-32(30)34(2,3)33(31)24-28/h5-13,15-24,36H,4,14H2,1-3H3/b15-10-,26-11+. The second-order valence-electron chi connectivity index (χ2n) is 9.88. The molecule has 0 atom stereocenters. The largest absolute Gasteiger partial charge is 0.311 e. The smallest absolute Gasteiger partial charge is 0.0464 e. The molecule has 1 aliphatic carbocycles. The van der Waals surface area contributed by atoms with Gasteiger partial charge in [0, 0.05) is 27.4 Å². The maximum absolute atomic E-state index is 4.53. The molecule has 4 aromatic rings. The van der Waals surface area contributed by atoms with Crippen LogP contribution in [-0.4, -0.2) is 0 Å². The fourth-order valence-corrected chi connectivity index (χ4v) is 5.40. The Morgan fingerprint density at radius 2 is 1.44 bits per heavy atom. The summed E-state index contributed by atoms with van der Waals surface area (Å²) in [4.78, 5) is 3.34. The highest BCUT2D eigenvalue weighted by Gasteiger charge is 2.35. The summed E-state index contributed by atoms with van der Waals surface area (Å²) >= 11 is 4.53. The fourth-order valence-electron chi connectivity index (χ4n) is 5.25. The molecule has 0 heterocycles. The number of fused-ring (bicyclic) bond motifs is 3. The molecule has 5 rings (SSSR count). The van der Waals surface area contributed by atoms with Crippen LogP contribution in [0.1, 0.15) is 43.9 Å². The molecule has 0 amide bonds. The van der Waals surface area contributed by atoms with Gasteiger partial charge in [0.2, 0.25) is 0 Å². The van der Waals surface area contributed by atoms with E-state index >= 15 is 0 Å². The minimum absolute atomic E-state index is 0.0413. The van der Waals surface area contributed by atoms with Crippen molar-refractivity contribution >= 4 is 24.0 Å². The molecule has 4 aromatic carbocycles. The van der Waals surface area contributed by atoms with E-state index in [-0.39, 0.29) is 5.41 Å². The van der Waals surface area contributed by atoms with E-state index in [1.165, 1.54) is 39.2 Å². The zero-order chi connectivity index (χ0) is 25.1. The number of thiol groups is 1. The van der Waals surface area contributed by atoms with Crippen molar-refractivity contribution in [3.63, 3.8) is 0 Å². The monoisotopic (exact) mass is 487 g/mol. The van der Waals surface area contributed by atoms with Crippen molar-refractivity contribution < 1.29 is 0 Å². The molecule has 0 radical (unpaired) electrons. The third-order valence-corrected chi connectivity index (χ3v) is 7.39. The summed E-state index contributed by atoms with van der Waals surface area (Å²) in [7, 11) is 0. The molecule has 36 heavy (non-hydrogen) atoms. The summed E-state index contributed by atoms with van der Waals surface area (Å²) in [6.07, 6.45) is 8.69. The van der Waals surface area contributed by atoms with Crippen LogP contribution >= 0.6 is 12.6 Å². The average Bonchev–Trinajstić information content (AvgIpc) is 3.12. The van der Waals surface area contributed by atoms with E-state index in [2.05, 4.69) is 154 Å². The molecule has 2 heteroatoms. The van der Waals surface area contributed by atoms with Crippen molar-refractivity contribution in [2.24, 2.45) is 0 Å². The maximum atomic E-state index is 4.53. The number of anilines is 2. The van der Waals surface area contributed by atoms with Crippen LogP contribution < -0.4 is 4.90 Å². The highest BCUT2D eigenvalue weighted by atomic mass is 32.1. The minimum Gasteiger partial charge on any atom is -0.311 e. The Balaban J connectivity index is 1.59. The lowest BCUT2D eigenvalue weighted by Gasteiger charge is -2.29. The van der Waals surface area contributed by atoms with Crippen LogP contribution in [0.25, 0.3) is 11.1 Å². The number of hydrogen-bond acceptors (Lipinski definition) is 2. The van der Waals surface area contributed by atoms with Gasteiger partial charge in [-0.3, -0.25) is 0 Å². The van der Waals surface area contributed by atoms with Crippen molar-refractivity contribution in [1.82, 2.24) is 0 Å². The van der Waals surface area contributed by atoms with Crippen molar-refractivity contribution in [3.8, 4) is 11.1 Å². The molecular formula is C34H33NS. The van der Waals surface area contributed by atoms with Gasteiger partial charge < -0.3 is 4.90 Å². The van der Waals surface area contributed by atoms with E-state index in [0.29, 0.717) is 0 Å². The second kappa shape index (κ2) is 10.2. The first kappa shape index (κ1) is 24.2. The molecule has 0 saturated heterocycles. The Kier molecular flexibility index (Phi) is 6.89. The molecule has 0 aromatic heterocycles. The summed E-state index contributed by atoms with van der Waals surface area (Å²) in [5.41, 5.74) is 10.2. The topological polar surface area (TPSA) is 3.24 Å². The van der Waals surface area contributed by atoms with Gasteiger partial charge in [-0.05, 0) is 83.1 Å². The Bertz CT molecular complexity index is 1410. The number of allylic oxidation sites excluding steroid dienone is 3. The Labute approximate surface area is 221 Å². The zero-order valence-electron chi connectivity index (χ0n) is 21.3. The van der Waals surface area contributed by atoms with Gasteiger partial charge in [-0.15, -0.1) is 12.6 Å². The average molecular weight is 488 g/mol. The fraction of sp³-hybridized carbons (Fsp3) is 0.176. The van der Waals surface area contributed by atoms with E-state index < -0.39 is 0 Å². The number of nitrogens with zero attached hydrogens (tertiary/aromatic N) is 1. The molecule has 1 aliphatic rings. The van der Waals surface area contributed by atoms with Crippen molar-refractivity contribution in [2.75, 3.05) is 4.90 Å². The van der Waals surface area contributed by atoms with Gasteiger partial charge >= 0.3 is 0 Å². The van der Waals surface area contributed by atoms with Crippen LogP contribution in [-0.2, 0) is 11.8 Å². The summed E-state index contributed by atoms with van der Waals surface area (Å²) in [6, 6.07) is 34.8. The quantitative estimate of drug-likeness (QED) is 0.201. The summed E-state index contributed by atoms with van der Waals surface area (Å²) in [6.45, 7) is 6.87. The van der Waals surface area contributed by atoms with E-state index in [4.69, 9.17) is 0 Å². The van der Waals surface area contributed by atoms with E-state index in [0.717, 1.165) is 23.4 Å². The molecule has 180 valence electrons. The summed E-state index contributed by atoms with van der Waals surface area (Å²) < 4.78 is 0. The first-order chi connectivity index (χ1) is 17.5. The lowest BCUT2D eigenvalue weighted by Crippen LogP contribution is -2.18. The maximum Gasteiger partial charge on any atom is 0.0464 e. The van der Waals surface area contributed by atoms with E-state index in [9.17, 15) is 0 Å². The summed E-state index contributed by atoms with van der Waals surface area (Å²) in [5.74, 6) is 0. The normalized spacial score (nSPS) is 14.1.